The third kappa shape index (κ3) is 3.55. The van der Waals surface area contributed by atoms with Gasteiger partial charge in [-0.1, -0.05) is 30.2 Å². The lowest BCUT2D eigenvalue weighted by Gasteiger charge is -2.30. The molecule has 3 aromatic rings. The zero-order valence-corrected chi connectivity index (χ0v) is 19.1. The summed E-state index contributed by atoms with van der Waals surface area (Å²) in [4.78, 5) is 19.4. The molecule has 10 heteroatoms. The van der Waals surface area contributed by atoms with Crippen molar-refractivity contribution in [1.29, 1.82) is 0 Å². The number of carbonyl (C=O) groups excluding carboxylic acids is 1. The smallest absolute Gasteiger partial charge is 0.286 e. The number of para-hydroxylation sites is 2. The van der Waals surface area contributed by atoms with E-state index < -0.39 is 15.9 Å². The van der Waals surface area contributed by atoms with Gasteiger partial charge in [-0.05, 0) is 37.1 Å². The number of amidine groups is 1. The van der Waals surface area contributed by atoms with Crippen LogP contribution in [0, 0.1) is 0 Å². The highest BCUT2D eigenvalue weighted by atomic mass is 35.5. The Bertz CT molecular complexity index is 1380. The van der Waals surface area contributed by atoms with Crippen LogP contribution in [0.25, 0.3) is 11.0 Å². The number of imidazole rings is 1. The predicted molar refractivity (Wildman–Crippen MR) is 124 cm³/mol. The number of nitrogens with zero attached hydrogens (tertiary/aromatic N) is 4. The highest BCUT2D eigenvalue weighted by molar-refractivity contribution is 7.90. The second-order valence-electron chi connectivity index (χ2n) is 8.00. The number of aromatic nitrogens is 2. The van der Waals surface area contributed by atoms with Crippen LogP contribution >= 0.6 is 11.6 Å². The van der Waals surface area contributed by atoms with Gasteiger partial charge >= 0.3 is 0 Å². The molecule has 166 valence electrons. The standard InChI is InChI=1S/C22H22ClN5O3S/c1-27-17-8-5-4-7-16(17)25-21(27)13-24-22(29)14-11-19-18(12-15(14)23)28-10-6-2-3-9-20(28)26-32(19,30)31/h4-5,7-8,11-12H,2-3,6,9-10,13H2,1H3,(H,24,29). The average Bonchev–Trinajstić information content (AvgIpc) is 2.92. The van der Waals surface area contributed by atoms with Gasteiger partial charge in [-0.15, -0.1) is 4.40 Å². The molecule has 2 aliphatic rings. The van der Waals surface area contributed by atoms with E-state index in [1.54, 1.807) is 6.07 Å². The summed E-state index contributed by atoms with van der Waals surface area (Å²) >= 11 is 6.46. The minimum atomic E-state index is -3.90. The van der Waals surface area contributed by atoms with Gasteiger partial charge in [0.2, 0.25) is 0 Å². The Hall–Kier alpha value is -2.91. The minimum Gasteiger partial charge on any atom is -0.345 e. The van der Waals surface area contributed by atoms with Gasteiger partial charge in [-0.25, -0.2) is 4.98 Å². The Balaban J connectivity index is 1.45. The lowest BCUT2D eigenvalue weighted by atomic mass is 10.1. The van der Waals surface area contributed by atoms with Gasteiger partial charge in [0.15, 0.2) is 0 Å². The molecule has 0 spiro atoms. The molecule has 2 aromatic carbocycles. The summed E-state index contributed by atoms with van der Waals surface area (Å²) in [5.74, 6) is 0.760. The van der Waals surface area contributed by atoms with Crippen molar-refractivity contribution < 1.29 is 13.2 Å². The van der Waals surface area contributed by atoms with Crippen LogP contribution in [0.4, 0.5) is 5.69 Å². The quantitative estimate of drug-likeness (QED) is 0.629. The molecule has 0 atom stereocenters. The molecule has 1 aromatic heterocycles. The van der Waals surface area contributed by atoms with Crippen LogP contribution in [0.15, 0.2) is 45.7 Å². The molecule has 0 saturated carbocycles. The zero-order chi connectivity index (χ0) is 22.5. The van der Waals surface area contributed by atoms with Gasteiger partial charge in [0, 0.05) is 20.0 Å². The van der Waals surface area contributed by atoms with Crippen molar-refractivity contribution in [2.24, 2.45) is 11.4 Å². The van der Waals surface area contributed by atoms with Crippen molar-refractivity contribution >= 4 is 50.1 Å². The van der Waals surface area contributed by atoms with Crippen molar-refractivity contribution in [3.8, 4) is 0 Å². The van der Waals surface area contributed by atoms with Crippen molar-refractivity contribution in [2.75, 3.05) is 11.4 Å². The van der Waals surface area contributed by atoms with E-state index in [1.165, 1.54) is 6.07 Å². The van der Waals surface area contributed by atoms with Crippen LogP contribution in [0.5, 0.6) is 0 Å². The van der Waals surface area contributed by atoms with Gasteiger partial charge < -0.3 is 14.8 Å². The second kappa shape index (κ2) is 7.90. The lowest BCUT2D eigenvalue weighted by molar-refractivity contribution is 0.0949. The molecule has 3 heterocycles. The SMILES string of the molecule is Cn1c(CNC(=O)c2cc3c(cc2Cl)N2CCCCCC2=NS3(=O)=O)nc2ccccc21. The summed E-state index contributed by atoms with van der Waals surface area (Å²) in [6.07, 6.45) is 3.46. The van der Waals surface area contributed by atoms with Gasteiger partial charge in [0.05, 0.1) is 33.9 Å². The number of anilines is 1. The lowest BCUT2D eigenvalue weighted by Crippen LogP contribution is -2.35. The van der Waals surface area contributed by atoms with Crippen LogP contribution in [0.2, 0.25) is 5.02 Å². The largest absolute Gasteiger partial charge is 0.345 e. The number of amides is 1. The van der Waals surface area contributed by atoms with E-state index in [2.05, 4.69) is 14.7 Å². The number of aryl methyl sites for hydroxylation is 1. The van der Waals surface area contributed by atoms with Crippen molar-refractivity contribution in [3.63, 3.8) is 0 Å². The normalized spacial score (nSPS) is 17.3. The summed E-state index contributed by atoms with van der Waals surface area (Å²) in [6.45, 7) is 0.856. The number of fused-ring (bicyclic) bond motifs is 4. The number of carbonyl (C=O) groups is 1. The number of hydrogen-bond acceptors (Lipinski definition) is 5. The molecule has 1 saturated heterocycles. The molecule has 1 amide bonds. The van der Waals surface area contributed by atoms with Crippen LogP contribution in [-0.4, -0.2) is 36.3 Å². The highest BCUT2D eigenvalue weighted by Gasteiger charge is 2.33. The molecule has 5 rings (SSSR count). The van der Waals surface area contributed by atoms with E-state index in [9.17, 15) is 13.2 Å². The molecule has 0 unspecified atom stereocenters. The highest BCUT2D eigenvalue weighted by Crippen LogP contribution is 2.37. The monoisotopic (exact) mass is 471 g/mol. The summed E-state index contributed by atoms with van der Waals surface area (Å²) in [5.41, 5.74) is 2.39. The van der Waals surface area contributed by atoms with E-state index in [4.69, 9.17) is 11.6 Å². The van der Waals surface area contributed by atoms with Crippen molar-refractivity contribution in [2.45, 2.75) is 37.1 Å². The summed E-state index contributed by atoms with van der Waals surface area (Å²) in [6, 6.07) is 10.6. The Kier molecular flexibility index (Phi) is 5.17. The summed E-state index contributed by atoms with van der Waals surface area (Å²) in [5, 5.41) is 3.01. The Morgan fingerprint density at radius 3 is 2.81 bits per heavy atom. The molecule has 1 fully saturated rings. The number of hydrogen-bond donors (Lipinski definition) is 1. The Morgan fingerprint density at radius 2 is 2.00 bits per heavy atom. The topological polar surface area (TPSA) is 96.7 Å². The molecule has 8 nitrogen and oxygen atoms in total. The first-order chi connectivity index (χ1) is 15.3. The first kappa shape index (κ1) is 21.0. The van der Waals surface area contributed by atoms with E-state index in [0.29, 0.717) is 30.3 Å². The van der Waals surface area contributed by atoms with Gasteiger partial charge in [-0.2, -0.15) is 8.42 Å². The van der Waals surface area contributed by atoms with Crippen LogP contribution in [0.3, 0.4) is 0 Å². The van der Waals surface area contributed by atoms with Crippen LogP contribution in [0.1, 0.15) is 41.9 Å². The third-order valence-electron chi connectivity index (χ3n) is 5.97. The fraction of sp³-hybridized carbons (Fsp3) is 0.318. The minimum absolute atomic E-state index is 0.0143. The number of nitrogens with one attached hydrogen (secondary N) is 1. The maximum absolute atomic E-state index is 12.9. The first-order valence-corrected chi connectivity index (χ1v) is 12.3. The third-order valence-corrected chi connectivity index (χ3v) is 7.61. The number of halogens is 1. The molecule has 32 heavy (non-hydrogen) atoms. The molecule has 0 aliphatic carbocycles. The Morgan fingerprint density at radius 1 is 1.19 bits per heavy atom. The van der Waals surface area contributed by atoms with Crippen molar-refractivity contribution in [3.05, 3.63) is 52.8 Å². The van der Waals surface area contributed by atoms with Gasteiger partial charge in [0.25, 0.3) is 15.9 Å². The molecule has 0 bridgehead atoms. The van der Waals surface area contributed by atoms with Crippen LogP contribution in [-0.2, 0) is 23.6 Å². The fourth-order valence-electron chi connectivity index (χ4n) is 4.28. The molecule has 0 radical (unpaired) electrons. The van der Waals surface area contributed by atoms with Gasteiger partial charge in [0.1, 0.15) is 16.6 Å². The molecule has 1 N–H and O–H groups in total. The van der Waals surface area contributed by atoms with E-state index >= 15 is 0 Å². The van der Waals surface area contributed by atoms with E-state index in [0.717, 1.165) is 30.3 Å². The first-order valence-electron chi connectivity index (χ1n) is 10.5. The summed E-state index contributed by atoms with van der Waals surface area (Å²) < 4.78 is 31.6. The Labute approximate surface area is 191 Å². The number of benzene rings is 2. The maximum Gasteiger partial charge on any atom is 0.286 e. The average molecular weight is 472 g/mol. The summed E-state index contributed by atoms with van der Waals surface area (Å²) in [7, 11) is -2.02. The van der Waals surface area contributed by atoms with Gasteiger partial charge in [-0.3, -0.25) is 4.79 Å². The zero-order valence-electron chi connectivity index (χ0n) is 17.5. The van der Waals surface area contributed by atoms with E-state index in [-0.39, 0.29) is 22.0 Å². The number of rotatable bonds is 3. The van der Waals surface area contributed by atoms with Crippen LogP contribution < -0.4 is 10.2 Å². The molecular weight excluding hydrogens is 450 g/mol. The number of sulfonamides is 1. The van der Waals surface area contributed by atoms with Crippen molar-refractivity contribution in [1.82, 2.24) is 14.9 Å². The van der Waals surface area contributed by atoms with E-state index in [1.807, 2.05) is 40.8 Å². The molecule has 2 aliphatic heterocycles. The second-order valence-corrected chi connectivity index (χ2v) is 9.98. The fourth-order valence-corrected chi connectivity index (χ4v) is 5.79. The predicted octanol–water partition coefficient (Wildman–Crippen LogP) is 3.64. The molecular formula is C22H22ClN5O3S. The maximum atomic E-state index is 12.9.